The van der Waals surface area contributed by atoms with Crippen molar-refractivity contribution in [1.29, 1.82) is 0 Å². The maximum Gasteiger partial charge on any atom is 0.263 e. The van der Waals surface area contributed by atoms with Gasteiger partial charge in [0.25, 0.3) is 5.91 Å². The average molecular weight is 327 g/mol. The molecule has 1 atom stereocenters. The van der Waals surface area contributed by atoms with Crippen LogP contribution >= 0.6 is 15.9 Å². The summed E-state index contributed by atoms with van der Waals surface area (Å²) in [6.45, 7) is 5.23. The summed E-state index contributed by atoms with van der Waals surface area (Å²) in [4.78, 5) is 16.4. The van der Waals surface area contributed by atoms with Crippen LogP contribution in [0.5, 0.6) is 5.75 Å². The third-order valence-electron chi connectivity index (χ3n) is 3.29. The molecule has 0 saturated carbocycles. The number of piperazine rings is 1. The molecule has 2 rings (SSSR count). The Bertz CT molecular complexity index is 428. The molecule has 1 aliphatic heterocycles. The highest BCUT2D eigenvalue weighted by molar-refractivity contribution is 9.10. The van der Waals surface area contributed by atoms with Crippen LogP contribution in [0.2, 0.25) is 0 Å². The number of halogens is 1. The third-order valence-corrected chi connectivity index (χ3v) is 3.82. The number of amides is 1. The highest BCUT2D eigenvalue weighted by Gasteiger charge is 2.24. The van der Waals surface area contributed by atoms with Crippen LogP contribution in [0.25, 0.3) is 0 Å². The van der Waals surface area contributed by atoms with Gasteiger partial charge in [-0.05, 0) is 38.2 Å². The molecule has 19 heavy (non-hydrogen) atoms. The number of likely N-dealkylation sites (N-methyl/N-ethyl adjacent to an activating group) is 1. The van der Waals surface area contributed by atoms with E-state index in [1.54, 1.807) is 0 Å². The number of rotatable bonds is 3. The number of benzene rings is 1. The van der Waals surface area contributed by atoms with Gasteiger partial charge in [0.15, 0.2) is 6.10 Å². The van der Waals surface area contributed by atoms with Crippen molar-refractivity contribution in [2.24, 2.45) is 0 Å². The number of nitrogens with zero attached hydrogens (tertiary/aromatic N) is 2. The molecule has 0 spiro atoms. The normalized spacial score (nSPS) is 18.2. The van der Waals surface area contributed by atoms with Crippen LogP contribution in [0.4, 0.5) is 0 Å². The molecular formula is C14H19BrN2O2. The quantitative estimate of drug-likeness (QED) is 0.851. The van der Waals surface area contributed by atoms with Crippen LogP contribution in [-0.2, 0) is 4.79 Å². The summed E-state index contributed by atoms with van der Waals surface area (Å²) in [7, 11) is 2.07. The molecule has 5 heteroatoms. The van der Waals surface area contributed by atoms with Crippen molar-refractivity contribution in [3.63, 3.8) is 0 Å². The fourth-order valence-electron chi connectivity index (χ4n) is 2.05. The number of carbonyl (C=O) groups excluding carboxylic acids is 1. The molecule has 0 aliphatic carbocycles. The second kappa shape index (κ2) is 6.39. The Morgan fingerprint density at radius 2 is 1.79 bits per heavy atom. The Kier molecular flexibility index (Phi) is 4.82. The first kappa shape index (κ1) is 14.3. The van der Waals surface area contributed by atoms with Crippen LogP contribution in [0, 0.1) is 0 Å². The zero-order valence-corrected chi connectivity index (χ0v) is 12.9. The average Bonchev–Trinajstić information content (AvgIpc) is 2.41. The topological polar surface area (TPSA) is 32.8 Å². The lowest BCUT2D eigenvalue weighted by atomic mass is 10.2. The largest absolute Gasteiger partial charge is 0.481 e. The third kappa shape index (κ3) is 3.94. The lowest BCUT2D eigenvalue weighted by molar-refractivity contribution is -0.139. The molecule has 104 valence electrons. The van der Waals surface area contributed by atoms with Crippen LogP contribution in [-0.4, -0.2) is 55.0 Å². The van der Waals surface area contributed by atoms with Gasteiger partial charge in [-0.15, -0.1) is 0 Å². The van der Waals surface area contributed by atoms with E-state index >= 15 is 0 Å². The summed E-state index contributed by atoms with van der Waals surface area (Å²) < 4.78 is 6.68. The molecule has 0 radical (unpaired) electrons. The van der Waals surface area contributed by atoms with Crippen molar-refractivity contribution in [1.82, 2.24) is 9.80 Å². The first-order chi connectivity index (χ1) is 9.06. The second-order valence-corrected chi connectivity index (χ2v) is 5.76. The summed E-state index contributed by atoms with van der Waals surface area (Å²) in [6, 6.07) is 7.53. The zero-order chi connectivity index (χ0) is 13.8. The molecule has 1 amide bonds. The van der Waals surface area contributed by atoms with Crippen LogP contribution in [0.15, 0.2) is 28.7 Å². The van der Waals surface area contributed by atoms with Gasteiger partial charge in [0.05, 0.1) is 0 Å². The van der Waals surface area contributed by atoms with Gasteiger partial charge in [-0.3, -0.25) is 4.79 Å². The SMILES string of the molecule is C[C@@H](Oc1ccc(Br)cc1)C(=O)N1CCN(C)CC1. The number of ether oxygens (including phenoxy) is 1. The predicted octanol–water partition coefficient (Wildman–Crippen LogP) is 1.99. The van der Waals surface area contributed by atoms with Crippen molar-refractivity contribution in [2.45, 2.75) is 13.0 Å². The summed E-state index contributed by atoms with van der Waals surface area (Å²) in [5.41, 5.74) is 0. The molecule has 0 N–H and O–H groups in total. The van der Waals surface area contributed by atoms with E-state index < -0.39 is 6.10 Å². The highest BCUT2D eigenvalue weighted by Crippen LogP contribution is 2.18. The zero-order valence-electron chi connectivity index (χ0n) is 11.3. The van der Waals surface area contributed by atoms with Gasteiger partial charge in [0.1, 0.15) is 5.75 Å². The van der Waals surface area contributed by atoms with E-state index in [0.29, 0.717) is 0 Å². The number of hydrogen-bond acceptors (Lipinski definition) is 3. The Labute approximate surface area is 122 Å². The summed E-state index contributed by atoms with van der Waals surface area (Å²) in [5.74, 6) is 0.786. The van der Waals surface area contributed by atoms with E-state index in [-0.39, 0.29) is 5.91 Å². The van der Waals surface area contributed by atoms with Gasteiger partial charge in [-0.25, -0.2) is 0 Å². The lowest BCUT2D eigenvalue weighted by Crippen LogP contribution is -2.50. The van der Waals surface area contributed by atoms with Gasteiger partial charge in [-0.1, -0.05) is 15.9 Å². The number of hydrogen-bond donors (Lipinski definition) is 0. The lowest BCUT2D eigenvalue weighted by Gasteiger charge is -2.33. The molecule has 4 nitrogen and oxygen atoms in total. The Balaban J connectivity index is 1.90. The summed E-state index contributed by atoms with van der Waals surface area (Å²) >= 11 is 3.37. The minimum atomic E-state index is -0.440. The molecule has 1 heterocycles. The fraction of sp³-hybridized carbons (Fsp3) is 0.500. The van der Waals surface area contributed by atoms with E-state index in [1.807, 2.05) is 36.1 Å². The van der Waals surface area contributed by atoms with E-state index in [2.05, 4.69) is 27.9 Å². The standard InChI is InChI=1S/C14H19BrN2O2/c1-11(19-13-5-3-12(15)4-6-13)14(18)17-9-7-16(2)8-10-17/h3-6,11H,7-10H2,1-2H3/t11-/m1/s1. The molecule has 1 saturated heterocycles. The minimum Gasteiger partial charge on any atom is -0.481 e. The molecule has 0 aromatic heterocycles. The predicted molar refractivity (Wildman–Crippen MR) is 78.3 cm³/mol. The Hall–Kier alpha value is -1.07. The first-order valence-corrected chi connectivity index (χ1v) is 7.25. The molecule has 0 unspecified atom stereocenters. The van der Waals surface area contributed by atoms with Crippen LogP contribution < -0.4 is 4.74 Å². The van der Waals surface area contributed by atoms with Gasteiger partial charge < -0.3 is 14.5 Å². The van der Waals surface area contributed by atoms with Crippen molar-refractivity contribution >= 4 is 21.8 Å². The van der Waals surface area contributed by atoms with Gasteiger partial charge in [0, 0.05) is 30.7 Å². The molecule has 1 aromatic carbocycles. The monoisotopic (exact) mass is 326 g/mol. The molecular weight excluding hydrogens is 308 g/mol. The second-order valence-electron chi connectivity index (χ2n) is 4.84. The van der Waals surface area contributed by atoms with Gasteiger partial charge in [-0.2, -0.15) is 0 Å². The van der Waals surface area contributed by atoms with Crippen molar-refractivity contribution in [3.05, 3.63) is 28.7 Å². The van der Waals surface area contributed by atoms with Crippen molar-refractivity contribution in [2.75, 3.05) is 33.2 Å². The maximum absolute atomic E-state index is 12.2. The van der Waals surface area contributed by atoms with Gasteiger partial charge >= 0.3 is 0 Å². The maximum atomic E-state index is 12.2. The summed E-state index contributed by atoms with van der Waals surface area (Å²) in [6.07, 6.45) is -0.440. The Morgan fingerprint density at radius 1 is 1.21 bits per heavy atom. The fourth-order valence-corrected chi connectivity index (χ4v) is 2.32. The Morgan fingerprint density at radius 3 is 2.37 bits per heavy atom. The van der Waals surface area contributed by atoms with Crippen LogP contribution in [0.3, 0.4) is 0 Å². The molecule has 1 aliphatic rings. The minimum absolute atomic E-state index is 0.0658. The van der Waals surface area contributed by atoms with E-state index in [9.17, 15) is 4.79 Å². The van der Waals surface area contributed by atoms with Crippen LogP contribution in [0.1, 0.15) is 6.92 Å². The molecule has 0 bridgehead atoms. The highest BCUT2D eigenvalue weighted by atomic mass is 79.9. The van der Waals surface area contributed by atoms with Crippen molar-refractivity contribution in [3.8, 4) is 5.75 Å². The number of carbonyl (C=O) groups is 1. The summed E-state index contributed by atoms with van der Waals surface area (Å²) in [5, 5.41) is 0. The van der Waals surface area contributed by atoms with E-state index in [1.165, 1.54) is 0 Å². The first-order valence-electron chi connectivity index (χ1n) is 6.46. The molecule has 1 aromatic rings. The molecule has 1 fully saturated rings. The van der Waals surface area contributed by atoms with E-state index in [4.69, 9.17) is 4.74 Å². The smallest absolute Gasteiger partial charge is 0.263 e. The van der Waals surface area contributed by atoms with Crippen molar-refractivity contribution < 1.29 is 9.53 Å². The van der Waals surface area contributed by atoms with E-state index in [0.717, 1.165) is 36.4 Å². The van der Waals surface area contributed by atoms with Gasteiger partial charge in [0.2, 0.25) is 0 Å².